The average Bonchev–Trinajstić information content (AvgIpc) is 2.51. The third-order valence-corrected chi connectivity index (χ3v) is 3.72. The fourth-order valence-electron chi connectivity index (χ4n) is 2.10. The van der Waals surface area contributed by atoms with Crippen LogP contribution in [0, 0.1) is 13.8 Å². The van der Waals surface area contributed by atoms with Crippen LogP contribution in [0.3, 0.4) is 0 Å². The molecule has 0 spiro atoms. The molecule has 1 atom stereocenters. The predicted molar refractivity (Wildman–Crippen MR) is 87.5 cm³/mol. The first-order valence-electron chi connectivity index (χ1n) is 7.61. The summed E-state index contributed by atoms with van der Waals surface area (Å²) in [6, 6.07) is 4.12. The van der Waals surface area contributed by atoms with E-state index in [2.05, 4.69) is 5.32 Å². The highest BCUT2D eigenvalue weighted by atomic mass is 16.4. The van der Waals surface area contributed by atoms with E-state index in [0.717, 1.165) is 11.1 Å². The topological polar surface area (TPSA) is 127 Å². The molecule has 0 bridgehead atoms. The summed E-state index contributed by atoms with van der Waals surface area (Å²) in [6.45, 7) is 3.84. The Labute approximate surface area is 140 Å². The monoisotopic (exact) mass is 334 g/mol. The maximum Gasteiger partial charge on any atom is 0.326 e. The molecule has 0 aromatic heterocycles. The molecule has 0 radical (unpaired) electrons. The number of carbonyl (C=O) groups excluding carboxylic acids is 3. The van der Waals surface area contributed by atoms with Gasteiger partial charge in [0.2, 0.25) is 11.8 Å². The first kappa shape index (κ1) is 19.3. The fraction of sp³-hybridized carbons (Fsp3) is 0.412. The van der Waals surface area contributed by atoms with Crippen LogP contribution in [0.15, 0.2) is 18.2 Å². The number of Topliss-reactive ketones (excluding diaryl/α,β-unsaturated/α-hetero) is 1. The quantitative estimate of drug-likeness (QED) is 0.583. The van der Waals surface area contributed by atoms with Crippen molar-refractivity contribution in [3.63, 3.8) is 0 Å². The Morgan fingerprint density at radius 2 is 1.75 bits per heavy atom. The molecule has 7 heteroatoms. The lowest BCUT2D eigenvalue weighted by atomic mass is 10.0. The molecule has 1 unspecified atom stereocenters. The summed E-state index contributed by atoms with van der Waals surface area (Å²) in [4.78, 5) is 45.7. The highest BCUT2D eigenvalue weighted by Gasteiger charge is 2.21. The summed E-state index contributed by atoms with van der Waals surface area (Å²) in [6.07, 6.45) is -0.358. The second-order valence-electron chi connectivity index (χ2n) is 5.69. The molecule has 0 saturated carbocycles. The molecule has 1 aromatic carbocycles. The van der Waals surface area contributed by atoms with E-state index >= 15 is 0 Å². The number of nitrogens with two attached hydrogens (primary N) is 1. The highest BCUT2D eigenvalue weighted by molar-refractivity contribution is 5.98. The van der Waals surface area contributed by atoms with Gasteiger partial charge in [-0.3, -0.25) is 14.4 Å². The van der Waals surface area contributed by atoms with E-state index < -0.39 is 23.8 Å². The minimum Gasteiger partial charge on any atom is -0.480 e. The minimum atomic E-state index is -1.25. The number of rotatable bonds is 9. The van der Waals surface area contributed by atoms with Crippen molar-refractivity contribution in [1.82, 2.24) is 5.32 Å². The van der Waals surface area contributed by atoms with Gasteiger partial charge in [-0.15, -0.1) is 0 Å². The average molecular weight is 334 g/mol. The molecule has 7 nitrogen and oxygen atoms in total. The van der Waals surface area contributed by atoms with Gasteiger partial charge >= 0.3 is 5.97 Å². The van der Waals surface area contributed by atoms with E-state index in [1.165, 1.54) is 0 Å². The van der Waals surface area contributed by atoms with Gasteiger partial charge < -0.3 is 16.2 Å². The second kappa shape index (κ2) is 8.81. The largest absolute Gasteiger partial charge is 0.480 e. The zero-order chi connectivity index (χ0) is 18.3. The molecule has 4 N–H and O–H groups in total. The van der Waals surface area contributed by atoms with Gasteiger partial charge in [-0.2, -0.15) is 0 Å². The summed E-state index contributed by atoms with van der Waals surface area (Å²) < 4.78 is 0. The van der Waals surface area contributed by atoms with Crippen molar-refractivity contribution in [2.75, 3.05) is 0 Å². The summed E-state index contributed by atoms with van der Waals surface area (Å²) in [5, 5.41) is 11.3. The van der Waals surface area contributed by atoms with E-state index in [1.807, 2.05) is 19.9 Å². The summed E-state index contributed by atoms with van der Waals surface area (Å²) >= 11 is 0. The fourth-order valence-corrected chi connectivity index (χ4v) is 2.10. The third-order valence-electron chi connectivity index (χ3n) is 3.72. The van der Waals surface area contributed by atoms with E-state index in [4.69, 9.17) is 10.8 Å². The van der Waals surface area contributed by atoms with Crippen molar-refractivity contribution in [1.29, 1.82) is 0 Å². The Kier molecular flexibility index (Phi) is 7.10. The molecule has 1 rings (SSSR count). The van der Waals surface area contributed by atoms with Gasteiger partial charge in [0.25, 0.3) is 0 Å². The summed E-state index contributed by atoms with van der Waals surface area (Å²) in [5.41, 5.74) is 7.55. The van der Waals surface area contributed by atoms with Gasteiger partial charge in [0, 0.05) is 24.8 Å². The van der Waals surface area contributed by atoms with Gasteiger partial charge in [-0.1, -0.05) is 12.1 Å². The highest BCUT2D eigenvalue weighted by Crippen LogP contribution is 2.12. The number of nitrogens with one attached hydrogen (secondary N) is 1. The molecule has 2 amide bonds. The van der Waals surface area contributed by atoms with E-state index in [9.17, 15) is 19.2 Å². The molecule has 0 aliphatic carbocycles. The van der Waals surface area contributed by atoms with Gasteiger partial charge in [-0.25, -0.2) is 4.79 Å². The van der Waals surface area contributed by atoms with Crippen molar-refractivity contribution in [3.05, 3.63) is 34.9 Å². The number of primary amides is 1. The Bertz CT molecular complexity index is 654. The molecule has 0 heterocycles. The maximum absolute atomic E-state index is 12.1. The van der Waals surface area contributed by atoms with Crippen LogP contribution in [-0.2, 0) is 14.4 Å². The van der Waals surface area contributed by atoms with E-state index in [0.29, 0.717) is 5.56 Å². The van der Waals surface area contributed by atoms with Crippen LogP contribution in [0.25, 0.3) is 0 Å². The number of carboxylic acids is 1. The smallest absolute Gasteiger partial charge is 0.326 e. The number of aryl methyl sites for hydroxylation is 2. The van der Waals surface area contributed by atoms with Gasteiger partial charge in [0.05, 0.1) is 0 Å². The third kappa shape index (κ3) is 6.20. The molecular weight excluding hydrogens is 312 g/mol. The van der Waals surface area contributed by atoms with Crippen LogP contribution in [0.4, 0.5) is 0 Å². The van der Waals surface area contributed by atoms with Crippen molar-refractivity contribution in [2.45, 2.75) is 45.6 Å². The summed E-state index contributed by atoms with van der Waals surface area (Å²) in [7, 11) is 0. The van der Waals surface area contributed by atoms with Crippen LogP contribution in [0.1, 0.15) is 47.2 Å². The second-order valence-corrected chi connectivity index (χ2v) is 5.69. The number of benzene rings is 1. The summed E-state index contributed by atoms with van der Waals surface area (Å²) in [5.74, 6) is -2.62. The predicted octanol–water partition coefficient (Wildman–Crippen LogP) is 1.10. The van der Waals surface area contributed by atoms with Gasteiger partial charge in [0.15, 0.2) is 5.78 Å². The Morgan fingerprint density at radius 3 is 2.29 bits per heavy atom. The van der Waals surface area contributed by atoms with Crippen LogP contribution in [0.5, 0.6) is 0 Å². The molecule has 0 fully saturated rings. The number of carbonyl (C=O) groups is 4. The van der Waals surface area contributed by atoms with Crippen molar-refractivity contribution >= 4 is 23.6 Å². The number of amides is 2. The Hall–Kier alpha value is -2.70. The van der Waals surface area contributed by atoms with E-state index in [1.54, 1.807) is 12.1 Å². The Morgan fingerprint density at radius 1 is 1.08 bits per heavy atom. The first-order valence-corrected chi connectivity index (χ1v) is 7.61. The first-order chi connectivity index (χ1) is 11.2. The van der Waals surface area contributed by atoms with E-state index in [-0.39, 0.29) is 31.5 Å². The standard InChI is InChI=1S/C17H22N2O5/c1-10-3-4-12(9-11(10)2)14(20)6-8-16(22)19-13(17(23)24)5-7-15(18)21/h3-4,9,13H,5-8H2,1-2H3,(H2,18,21)(H,19,22)(H,23,24). The van der Waals surface area contributed by atoms with Crippen molar-refractivity contribution < 1.29 is 24.3 Å². The number of ketones is 1. The normalized spacial score (nSPS) is 11.6. The van der Waals surface area contributed by atoms with Gasteiger partial charge in [-0.05, 0) is 37.5 Å². The maximum atomic E-state index is 12.1. The lowest BCUT2D eigenvalue weighted by Crippen LogP contribution is -2.41. The van der Waals surface area contributed by atoms with Crippen LogP contribution in [-0.4, -0.2) is 34.7 Å². The zero-order valence-electron chi connectivity index (χ0n) is 13.8. The molecule has 1 aromatic rings. The van der Waals surface area contributed by atoms with Crippen molar-refractivity contribution in [2.24, 2.45) is 5.73 Å². The molecule has 0 aliphatic rings. The lowest BCUT2D eigenvalue weighted by Gasteiger charge is -2.13. The minimum absolute atomic E-state index is 0.0174. The lowest BCUT2D eigenvalue weighted by molar-refractivity contribution is -0.142. The Balaban J connectivity index is 2.54. The van der Waals surface area contributed by atoms with Gasteiger partial charge in [0.1, 0.15) is 6.04 Å². The number of carboxylic acid groups (broad SMARTS) is 1. The van der Waals surface area contributed by atoms with Crippen LogP contribution in [0.2, 0.25) is 0 Å². The number of hydrogen-bond donors (Lipinski definition) is 3. The molecule has 0 saturated heterocycles. The molecule has 24 heavy (non-hydrogen) atoms. The van der Waals surface area contributed by atoms with Crippen molar-refractivity contribution in [3.8, 4) is 0 Å². The number of aliphatic carboxylic acids is 1. The number of hydrogen-bond acceptors (Lipinski definition) is 4. The molecular formula is C17H22N2O5. The molecule has 130 valence electrons. The molecule has 0 aliphatic heterocycles. The SMILES string of the molecule is Cc1ccc(C(=O)CCC(=O)NC(CCC(N)=O)C(=O)O)cc1C. The van der Waals surface area contributed by atoms with Crippen LogP contribution >= 0.6 is 0 Å². The van der Waals surface area contributed by atoms with Crippen LogP contribution < -0.4 is 11.1 Å². The zero-order valence-corrected chi connectivity index (χ0v) is 13.8.